The highest BCUT2D eigenvalue weighted by Gasteiger charge is 2.33. The molecule has 13 heavy (non-hydrogen) atoms. The van der Waals surface area contributed by atoms with Gasteiger partial charge in [0.05, 0.1) is 6.42 Å². The van der Waals surface area contributed by atoms with Crippen LogP contribution >= 0.6 is 0 Å². The highest BCUT2D eigenvalue weighted by Crippen LogP contribution is 2.28. The quantitative estimate of drug-likeness (QED) is 0.709. The van der Waals surface area contributed by atoms with Crippen LogP contribution in [0.15, 0.2) is 12.3 Å². The molecule has 2 atom stereocenters. The molecule has 1 saturated carbocycles. The Hall–Kier alpha value is -1.32. The maximum atomic E-state index is 11.3. The summed E-state index contributed by atoms with van der Waals surface area (Å²) in [6, 6.07) is 2.23. The minimum atomic E-state index is 0.0820. The van der Waals surface area contributed by atoms with Gasteiger partial charge in [-0.15, -0.1) is 0 Å². The van der Waals surface area contributed by atoms with E-state index in [4.69, 9.17) is 0 Å². The zero-order chi connectivity index (χ0) is 9.26. The van der Waals surface area contributed by atoms with Crippen LogP contribution in [0.2, 0.25) is 0 Å². The fourth-order valence-corrected chi connectivity index (χ4v) is 1.34. The van der Waals surface area contributed by atoms with Crippen LogP contribution in [0.1, 0.15) is 19.0 Å². The Bertz CT molecular complexity index is 294. The number of aromatic amines is 1. The van der Waals surface area contributed by atoms with Crippen LogP contribution in [-0.4, -0.2) is 22.1 Å². The summed E-state index contributed by atoms with van der Waals surface area (Å²) in [5.74, 6) is 0.740. The van der Waals surface area contributed by atoms with E-state index in [0.717, 1.165) is 12.1 Å². The topological polar surface area (TPSA) is 57.8 Å². The summed E-state index contributed by atoms with van der Waals surface area (Å²) in [6.07, 6.45) is 3.18. The molecule has 0 aromatic carbocycles. The van der Waals surface area contributed by atoms with E-state index < -0.39 is 0 Å². The number of carbonyl (C=O) groups excluding carboxylic acids is 1. The van der Waals surface area contributed by atoms with Gasteiger partial charge in [0.15, 0.2) is 0 Å². The van der Waals surface area contributed by atoms with Gasteiger partial charge in [0.25, 0.3) is 0 Å². The van der Waals surface area contributed by atoms with Crippen molar-refractivity contribution < 1.29 is 4.79 Å². The summed E-state index contributed by atoms with van der Waals surface area (Å²) < 4.78 is 0. The number of hydrogen-bond acceptors (Lipinski definition) is 2. The molecule has 1 aromatic heterocycles. The van der Waals surface area contributed by atoms with Gasteiger partial charge in [-0.3, -0.25) is 9.89 Å². The number of nitrogens with zero attached hydrogens (tertiary/aromatic N) is 1. The predicted octanol–water partition coefficient (Wildman–Crippen LogP) is 0.477. The fraction of sp³-hybridized carbons (Fsp3) is 0.556. The molecule has 4 nitrogen and oxygen atoms in total. The van der Waals surface area contributed by atoms with Crippen LogP contribution in [0.25, 0.3) is 0 Å². The molecule has 70 valence electrons. The number of H-pyrrole nitrogens is 1. The van der Waals surface area contributed by atoms with E-state index in [1.54, 1.807) is 6.20 Å². The first kappa shape index (κ1) is 8.29. The number of nitrogens with one attached hydrogen (secondary N) is 2. The van der Waals surface area contributed by atoms with Crippen LogP contribution < -0.4 is 5.32 Å². The Morgan fingerprint density at radius 1 is 1.85 bits per heavy atom. The third kappa shape index (κ3) is 2.08. The Balaban J connectivity index is 1.79. The molecule has 1 aliphatic rings. The van der Waals surface area contributed by atoms with Gasteiger partial charge in [-0.25, -0.2) is 0 Å². The molecule has 1 aromatic rings. The third-order valence-electron chi connectivity index (χ3n) is 2.37. The summed E-state index contributed by atoms with van der Waals surface area (Å²) in [5.41, 5.74) is 0.866. The molecule has 2 unspecified atom stereocenters. The first-order valence-corrected chi connectivity index (χ1v) is 4.53. The van der Waals surface area contributed by atoms with Gasteiger partial charge in [-0.1, -0.05) is 6.92 Å². The Morgan fingerprint density at radius 2 is 2.62 bits per heavy atom. The van der Waals surface area contributed by atoms with E-state index in [9.17, 15) is 4.79 Å². The number of aromatic nitrogens is 2. The molecular weight excluding hydrogens is 166 g/mol. The first-order chi connectivity index (χ1) is 6.25. The van der Waals surface area contributed by atoms with Crippen molar-refractivity contribution in [2.24, 2.45) is 5.92 Å². The van der Waals surface area contributed by atoms with Gasteiger partial charge in [0.1, 0.15) is 0 Å². The number of carbonyl (C=O) groups is 1. The van der Waals surface area contributed by atoms with Crippen molar-refractivity contribution in [3.8, 4) is 0 Å². The second-order valence-corrected chi connectivity index (χ2v) is 3.65. The van der Waals surface area contributed by atoms with Crippen LogP contribution in [0, 0.1) is 5.92 Å². The molecule has 1 fully saturated rings. The van der Waals surface area contributed by atoms with Crippen molar-refractivity contribution in [2.75, 3.05) is 0 Å². The maximum absolute atomic E-state index is 11.3. The molecule has 2 rings (SSSR count). The number of rotatable bonds is 3. The van der Waals surface area contributed by atoms with Crippen molar-refractivity contribution in [1.29, 1.82) is 0 Å². The molecule has 0 spiro atoms. The zero-order valence-corrected chi connectivity index (χ0v) is 7.58. The van der Waals surface area contributed by atoms with Crippen molar-refractivity contribution in [3.63, 3.8) is 0 Å². The lowest BCUT2D eigenvalue weighted by atomic mass is 10.3. The van der Waals surface area contributed by atoms with E-state index in [-0.39, 0.29) is 5.91 Å². The maximum Gasteiger partial charge on any atom is 0.226 e. The summed E-state index contributed by atoms with van der Waals surface area (Å²) in [6.45, 7) is 2.14. The summed E-state index contributed by atoms with van der Waals surface area (Å²) >= 11 is 0. The van der Waals surface area contributed by atoms with Gasteiger partial charge < -0.3 is 5.32 Å². The van der Waals surface area contributed by atoms with Crippen LogP contribution in [0.5, 0.6) is 0 Å². The van der Waals surface area contributed by atoms with Gasteiger partial charge >= 0.3 is 0 Å². The van der Waals surface area contributed by atoms with Crippen LogP contribution in [-0.2, 0) is 11.2 Å². The van der Waals surface area contributed by atoms with Crippen molar-refractivity contribution in [1.82, 2.24) is 15.5 Å². The van der Waals surface area contributed by atoms with Crippen molar-refractivity contribution in [3.05, 3.63) is 18.0 Å². The smallest absolute Gasteiger partial charge is 0.226 e. The van der Waals surface area contributed by atoms with Crippen molar-refractivity contribution in [2.45, 2.75) is 25.8 Å². The lowest BCUT2D eigenvalue weighted by Gasteiger charge is -2.01. The van der Waals surface area contributed by atoms with Gasteiger partial charge in [0, 0.05) is 17.9 Å². The molecule has 0 saturated heterocycles. The van der Waals surface area contributed by atoms with E-state index in [1.807, 2.05) is 6.07 Å². The van der Waals surface area contributed by atoms with Crippen molar-refractivity contribution >= 4 is 5.91 Å². The summed E-state index contributed by atoms with van der Waals surface area (Å²) in [4.78, 5) is 11.3. The van der Waals surface area contributed by atoms with E-state index >= 15 is 0 Å². The van der Waals surface area contributed by atoms with Gasteiger partial charge in [-0.2, -0.15) is 5.10 Å². The highest BCUT2D eigenvalue weighted by molar-refractivity contribution is 5.78. The molecule has 0 aliphatic heterocycles. The fourth-order valence-electron chi connectivity index (χ4n) is 1.34. The number of hydrogen-bond donors (Lipinski definition) is 2. The SMILES string of the molecule is CC1CC1NC(=O)Cc1ccn[nH]1. The molecule has 1 aliphatic carbocycles. The second-order valence-electron chi connectivity index (χ2n) is 3.65. The Morgan fingerprint density at radius 3 is 3.15 bits per heavy atom. The zero-order valence-electron chi connectivity index (χ0n) is 7.58. The van der Waals surface area contributed by atoms with E-state index in [1.165, 1.54) is 0 Å². The molecule has 1 amide bonds. The first-order valence-electron chi connectivity index (χ1n) is 4.53. The summed E-state index contributed by atoms with van der Waals surface area (Å²) in [7, 11) is 0. The minimum absolute atomic E-state index is 0.0820. The normalized spacial score (nSPS) is 25.6. The molecule has 0 bridgehead atoms. The third-order valence-corrected chi connectivity index (χ3v) is 2.37. The average molecular weight is 179 g/mol. The van der Waals surface area contributed by atoms with E-state index in [2.05, 4.69) is 22.4 Å². The monoisotopic (exact) mass is 179 g/mol. The average Bonchev–Trinajstić information content (AvgIpc) is 2.61. The lowest BCUT2D eigenvalue weighted by molar-refractivity contribution is -0.120. The second kappa shape index (κ2) is 3.20. The summed E-state index contributed by atoms with van der Waals surface area (Å²) in [5, 5.41) is 9.50. The standard InChI is InChI=1S/C9H13N3O/c1-6-4-8(6)11-9(13)5-7-2-3-10-12-7/h2-3,6,8H,4-5H2,1H3,(H,10,12)(H,11,13). The Kier molecular flexibility index (Phi) is 2.04. The van der Waals surface area contributed by atoms with E-state index in [0.29, 0.717) is 18.4 Å². The molecule has 4 heteroatoms. The molecular formula is C9H13N3O. The molecule has 2 N–H and O–H groups in total. The van der Waals surface area contributed by atoms with Crippen LogP contribution in [0.3, 0.4) is 0 Å². The Labute approximate surface area is 76.7 Å². The highest BCUT2D eigenvalue weighted by atomic mass is 16.1. The molecule has 1 heterocycles. The van der Waals surface area contributed by atoms with Gasteiger partial charge in [0.2, 0.25) is 5.91 Å². The minimum Gasteiger partial charge on any atom is -0.353 e. The largest absolute Gasteiger partial charge is 0.353 e. The van der Waals surface area contributed by atoms with Gasteiger partial charge in [-0.05, 0) is 18.4 Å². The lowest BCUT2D eigenvalue weighted by Crippen LogP contribution is -2.28. The number of amides is 1. The predicted molar refractivity (Wildman–Crippen MR) is 48.0 cm³/mol. The van der Waals surface area contributed by atoms with Crippen LogP contribution in [0.4, 0.5) is 0 Å². The molecule has 0 radical (unpaired) electrons.